The Hall–Kier alpha value is -3.53. The Bertz CT molecular complexity index is 1280. The first-order chi connectivity index (χ1) is 15.2. The molecule has 0 aliphatic carbocycles. The zero-order valence-corrected chi connectivity index (χ0v) is 17.4. The quantitative estimate of drug-likeness (QED) is 0.663. The number of halogens is 3. The van der Waals surface area contributed by atoms with Crippen LogP contribution in [-0.4, -0.2) is 60.9 Å². The van der Waals surface area contributed by atoms with E-state index in [0.29, 0.717) is 32.2 Å². The van der Waals surface area contributed by atoms with E-state index in [9.17, 15) is 23.5 Å². The smallest absolute Gasteiger partial charge is 0.341 e. The van der Waals surface area contributed by atoms with Crippen molar-refractivity contribution in [1.29, 1.82) is 0 Å². The number of ether oxygens (including phenoxy) is 1. The average molecular weight is 447 g/mol. The number of rotatable bonds is 4. The van der Waals surface area contributed by atoms with Gasteiger partial charge in [-0.3, -0.25) is 4.79 Å². The maximum atomic E-state index is 15.3. The molecule has 168 valence electrons. The van der Waals surface area contributed by atoms with Gasteiger partial charge in [-0.05, 0) is 25.2 Å². The number of carboxylic acid groups (broad SMARTS) is 1. The van der Waals surface area contributed by atoms with Gasteiger partial charge in [0.2, 0.25) is 5.43 Å². The summed E-state index contributed by atoms with van der Waals surface area (Å²) in [5.41, 5.74) is -1.76. The van der Waals surface area contributed by atoms with Gasteiger partial charge in [-0.2, -0.15) is 0 Å². The molecule has 0 spiro atoms. The highest BCUT2D eigenvalue weighted by Crippen LogP contribution is 2.39. The standard InChI is InChI=1S/C22H20F3N3O4/c1-26-5-7-27(8-6-26)19-16(25)10-13-18(21(19)32-2)28(11-14(20(13)29)22(30)31)17-4-3-12(23)9-15(17)24/h3-4,9-11H,5-8H2,1-2H3,(H,30,31). The number of benzene rings is 2. The van der Waals surface area contributed by atoms with Crippen molar-refractivity contribution < 1.29 is 27.8 Å². The molecular formula is C22H20F3N3O4. The minimum Gasteiger partial charge on any atom is -0.492 e. The number of piperazine rings is 1. The number of carboxylic acids is 1. The lowest BCUT2D eigenvalue weighted by Crippen LogP contribution is -2.45. The lowest BCUT2D eigenvalue weighted by molar-refractivity contribution is 0.0695. The summed E-state index contributed by atoms with van der Waals surface area (Å²) in [5, 5.41) is 9.19. The molecule has 2 heterocycles. The number of likely N-dealkylation sites (N-methyl/N-ethyl adjacent to an activating group) is 1. The van der Waals surface area contributed by atoms with E-state index < -0.39 is 34.4 Å². The molecule has 1 fully saturated rings. The second-order valence-corrected chi connectivity index (χ2v) is 7.57. The third-order valence-corrected chi connectivity index (χ3v) is 5.59. The van der Waals surface area contributed by atoms with E-state index in [-0.39, 0.29) is 28.0 Å². The van der Waals surface area contributed by atoms with Gasteiger partial charge in [-0.1, -0.05) is 0 Å². The first kappa shape index (κ1) is 21.7. The average Bonchev–Trinajstić information content (AvgIpc) is 2.74. The van der Waals surface area contributed by atoms with Crippen LogP contribution >= 0.6 is 0 Å². The molecule has 2 aromatic carbocycles. The van der Waals surface area contributed by atoms with Crippen molar-refractivity contribution in [3.05, 3.63) is 63.7 Å². The molecule has 0 radical (unpaired) electrons. The zero-order chi connectivity index (χ0) is 23.2. The summed E-state index contributed by atoms with van der Waals surface area (Å²) in [6, 6.07) is 3.69. The lowest BCUT2D eigenvalue weighted by atomic mass is 10.1. The number of carbonyl (C=O) groups is 1. The van der Waals surface area contributed by atoms with Crippen LogP contribution in [-0.2, 0) is 0 Å². The second-order valence-electron chi connectivity index (χ2n) is 7.57. The minimum absolute atomic E-state index is 0.0108. The number of fused-ring (bicyclic) bond motifs is 1. The molecule has 0 amide bonds. The van der Waals surface area contributed by atoms with E-state index in [4.69, 9.17) is 4.74 Å². The van der Waals surface area contributed by atoms with Gasteiger partial charge >= 0.3 is 5.97 Å². The molecule has 0 saturated carbocycles. The van der Waals surface area contributed by atoms with Crippen LogP contribution in [0.15, 0.2) is 35.3 Å². The first-order valence-electron chi connectivity index (χ1n) is 9.81. The highest BCUT2D eigenvalue weighted by atomic mass is 19.1. The molecule has 32 heavy (non-hydrogen) atoms. The second kappa shape index (κ2) is 8.19. The Morgan fingerprint density at radius 1 is 1.06 bits per heavy atom. The van der Waals surface area contributed by atoms with Gasteiger partial charge in [0.25, 0.3) is 0 Å². The number of nitrogens with zero attached hydrogens (tertiary/aromatic N) is 3. The van der Waals surface area contributed by atoms with Crippen LogP contribution in [0.2, 0.25) is 0 Å². The third-order valence-electron chi connectivity index (χ3n) is 5.59. The molecule has 7 nitrogen and oxygen atoms in total. The van der Waals surface area contributed by atoms with Gasteiger partial charge in [0.15, 0.2) is 11.6 Å². The number of methoxy groups -OCH3 is 1. The van der Waals surface area contributed by atoms with Crippen LogP contribution < -0.4 is 15.1 Å². The lowest BCUT2D eigenvalue weighted by Gasteiger charge is -2.35. The molecule has 1 N–H and O–H groups in total. The summed E-state index contributed by atoms with van der Waals surface area (Å²) in [7, 11) is 3.22. The largest absolute Gasteiger partial charge is 0.492 e. The number of pyridine rings is 1. The summed E-state index contributed by atoms with van der Waals surface area (Å²) < 4.78 is 50.1. The van der Waals surface area contributed by atoms with Crippen molar-refractivity contribution in [2.24, 2.45) is 0 Å². The summed E-state index contributed by atoms with van der Waals surface area (Å²) >= 11 is 0. The van der Waals surface area contributed by atoms with Gasteiger partial charge in [0, 0.05) is 38.4 Å². The number of hydrogen-bond donors (Lipinski definition) is 1. The van der Waals surface area contributed by atoms with E-state index in [1.54, 1.807) is 4.90 Å². The Labute approximate surface area is 180 Å². The molecule has 0 bridgehead atoms. The van der Waals surface area contributed by atoms with Crippen LogP contribution in [0.5, 0.6) is 5.75 Å². The van der Waals surface area contributed by atoms with Gasteiger partial charge in [0.05, 0.1) is 18.2 Å². The van der Waals surface area contributed by atoms with Gasteiger partial charge < -0.3 is 24.2 Å². The SMILES string of the molecule is COc1c(N2CCN(C)CC2)c(F)cc2c(=O)c(C(=O)O)cn(-c3ccc(F)cc3F)c12. The molecule has 3 aromatic rings. The topological polar surface area (TPSA) is 75.0 Å². The molecular weight excluding hydrogens is 427 g/mol. The van der Waals surface area contributed by atoms with E-state index in [2.05, 4.69) is 4.90 Å². The molecule has 10 heteroatoms. The molecule has 0 atom stereocenters. The fraction of sp³-hybridized carbons (Fsp3) is 0.273. The van der Waals surface area contributed by atoms with Crippen LogP contribution in [0.3, 0.4) is 0 Å². The predicted octanol–water partition coefficient (Wildman–Crippen LogP) is 2.87. The summed E-state index contributed by atoms with van der Waals surface area (Å²) in [4.78, 5) is 28.4. The van der Waals surface area contributed by atoms with Crippen molar-refractivity contribution in [2.45, 2.75) is 0 Å². The van der Waals surface area contributed by atoms with Crippen molar-refractivity contribution in [3.8, 4) is 11.4 Å². The molecule has 1 aliphatic heterocycles. The van der Waals surface area contributed by atoms with Crippen LogP contribution in [0.4, 0.5) is 18.9 Å². The highest BCUT2D eigenvalue weighted by molar-refractivity contribution is 5.97. The zero-order valence-electron chi connectivity index (χ0n) is 17.4. The predicted molar refractivity (Wildman–Crippen MR) is 113 cm³/mol. The molecule has 1 aliphatic rings. The number of anilines is 1. The fourth-order valence-electron chi connectivity index (χ4n) is 3.95. The Morgan fingerprint density at radius 3 is 2.34 bits per heavy atom. The Balaban J connectivity index is 2.11. The molecule has 1 aromatic heterocycles. The van der Waals surface area contributed by atoms with Crippen LogP contribution in [0.25, 0.3) is 16.6 Å². The van der Waals surface area contributed by atoms with Gasteiger partial charge in [-0.15, -0.1) is 0 Å². The summed E-state index contributed by atoms with van der Waals surface area (Å²) in [5.74, 6) is -4.17. The van der Waals surface area contributed by atoms with E-state index in [0.717, 1.165) is 29.0 Å². The van der Waals surface area contributed by atoms with E-state index >= 15 is 4.39 Å². The van der Waals surface area contributed by atoms with Crippen molar-refractivity contribution in [2.75, 3.05) is 45.2 Å². The molecule has 4 rings (SSSR count). The third kappa shape index (κ3) is 3.56. The monoisotopic (exact) mass is 447 g/mol. The maximum Gasteiger partial charge on any atom is 0.341 e. The fourth-order valence-corrected chi connectivity index (χ4v) is 3.95. The Morgan fingerprint density at radius 2 is 1.75 bits per heavy atom. The Kier molecular flexibility index (Phi) is 5.55. The number of aromatic carboxylic acids is 1. The van der Waals surface area contributed by atoms with Crippen molar-refractivity contribution in [3.63, 3.8) is 0 Å². The number of aromatic nitrogens is 1. The maximum absolute atomic E-state index is 15.3. The molecule has 1 saturated heterocycles. The normalized spacial score (nSPS) is 14.7. The van der Waals surface area contributed by atoms with Crippen LogP contribution in [0, 0.1) is 17.5 Å². The van der Waals surface area contributed by atoms with Crippen LogP contribution in [0.1, 0.15) is 10.4 Å². The molecule has 0 unspecified atom stereocenters. The first-order valence-corrected chi connectivity index (χ1v) is 9.81. The van der Waals surface area contributed by atoms with E-state index in [1.807, 2.05) is 7.05 Å². The van der Waals surface area contributed by atoms with Gasteiger partial charge in [-0.25, -0.2) is 18.0 Å². The summed E-state index contributed by atoms with van der Waals surface area (Å²) in [6.45, 7) is 2.30. The highest BCUT2D eigenvalue weighted by Gasteiger charge is 2.28. The van der Waals surface area contributed by atoms with Gasteiger partial charge in [0.1, 0.15) is 28.4 Å². The van der Waals surface area contributed by atoms with Crippen molar-refractivity contribution in [1.82, 2.24) is 9.47 Å². The minimum atomic E-state index is -1.56. The van der Waals surface area contributed by atoms with Crippen molar-refractivity contribution >= 4 is 22.6 Å². The van der Waals surface area contributed by atoms with E-state index in [1.165, 1.54) is 7.11 Å². The summed E-state index contributed by atoms with van der Waals surface area (Å²) in [6.07, 6.45) is 0.942. The number of hydrogen-bond acceptors (Lipinski definition) is 5.